The molecule has 0 heterocycles. The van der Waals surface area contributed by atoms with Crippen molar-refractivity contribution in [3.05, 3.63) is 41.0 Å². The molecule has 0 unspecified atom stereocenters. The number of methoxy groups -OCH3 is 1. The number of ether oxygens (including phenoxy) is 1. The number of nitrogens with zero attached hydrogens (tertiary/aromatic N) is 1. The zero-order chi connectivity index (χ0) is 18.3. The van der Waals surface area contributed by atoms with Crippen molar-refractivity contribution in [3.63, 3.8) is 0 Å². The van der Waals surface area contributed by atoms with Gasteiger partial charge in [-0.25, -0.2) is 0 Å². The molecule has 6 heteroatoms. The largest absolute Gasteiger partial charge is 0.468 e. The van der Waals surface area contributed by atoms with E-state index in [0.29, 0.717) is 5.69 Å². The number of amides is 1. The van der Waals surface area contributed by atoms with Crippen LogP contribution < -0.4 is 4.90 Å². The number of para-hydroxylation sites is 1. The summed E-state index contributed by atoms with van der Waals surface area (Å²) in [7, 11) is 1.28. The summed E-state index contributed by atoms with van der Waals surface area (Å²) in [6, 6.07) is 5.64. The molecule has 24 heavy (non-hydrogen) atoms. The molecule has 0 fully saturated rings. The first kappa shape index (κ1) is 20.0. The van der Waals surface area contributed by atoms with Gasteiger partial charge in [0.05, 0.1) is 18.6 Å². The van der Waals surface area contributed by atoms with Gasteiger partial charge in [0, 0.05) is 0 Å². The number of esters is 1. The topological polar surface area (TPSA) is 63.7 Å². The second kappa shape index (κ2) is 9.27. The van der Waals surface area contributed by atoms with Crippen LogP contribution in [0.3, 0.4) is 0 Å². The number of aryl methyl sites for hydroxylation is 2. The summed E-state index contributed by atoms with van der Waals surface area (Å²) in [6.07, 6.45) is 1.49. The molecule has 0 spiro atoms. The van der Waals surface area contributed by atoms with E-state index in [1.165, 1.54) is 18.1 Å². The maximum atomic E-state index is 12.6. The van der Waals surface area contributed by atoms with Crippen molar-refractivity contribution in [2.45, 2.75) is 27.7 Å². The molecule has 0 saturated carbocycles. The Kier molecular flexibility index (Phi) is 7.71. The first-order chi connectivity index (χ1) is 11.3. The molecule has 0 N–H and O–H groups in total. The molecule has 0 aliphatic rings. The molecular weight excluding hydrogens is 326 g/mol. The third kappa shape index (κ3) is 5.85. The van der Waals surface area contributed by atoms with Crippen molar-refractivity contribution < 1.29 is 19.1 Å². The van der Waals surface area contributed by atoms with E-state index in [4.69, 9.17) is 4.74 Å². The standard InChI is InChI=1S/C18H23NO4S/c1-12(2)9-17(22)24-11-15(20)19(10-16(21)23-5)18-13(3)7-6-8-14(18)4/h6-9H,10-11H2,1-5H3. The second-order valence-corrected chi connectivity index (χ2v) is 6.61. The predicted octanol–water partition coefficient (Wildman–Crippen LogP) is 3.04. The van der Waals surface area contributed by atoms with Crippen LogP contribution in [0.25, 0.3) is 0 Å². The van der Waals surface area contributed by atoms with Crippen LogP contribution in [-0.4, -0.2) is 36.4 Å². The lowest BCUT2D eigenvalue weighted by Gasteiger charge is -2.25. The van der Waals surface area contributed by atoms with Crippen LogP contribution in [0.2, 0.25) is 0 Å². The van der Waals surface area contributed by atoms with Gasteiger partial charge in [0.1, 0.15) is 6.54 Å². The molecule has 1 aromatic rings. The first-order valence-corrected chi connectivity index (χ1v) is 8.50. The molecule has 0 bridgehead atoms. The third-order valence-corrected chi connectivity index (χ3v) is 4.06. The van der Waals surface area contributed by atoms with Gasteiger partial charge in [-0.3, -0.25) is 19.3 Å². The maximum Gasteiger partial charge on any atom is 0.325 e. The van der Waals surface area contributed by atoms with Crippen molar-refractivity contribution in [3.8, 4) is 0 Å². The van der Waals surface area contributed by atoms with Crippen molar-refractivity contribution in [2.24, 2.45) is 0 Å². The quantitative estimate of drug-likeness (QED) is 0.583. The lowest BCUT2D eigenvalue weighted by Crippen LogP contribution is -2.38. The van der Waals surface area contributed by atoms with E-state index in [1.807, 2.05) is 45.9 Å². The van der Waals surface area contributed by atoms with Crippen molar-refractivity contribution in [1.29, 1.82) is 0 Å². The molecule has 0 aromatic heterocycles. The fraction of sp³-hybridized carbons (Fsp3) is 0.389. The highest BCUT2D eigenvalue weighted by molar-refractivity contribution is 8.14. The monoisotopic (exact) mass is 349 g/mol. The highest BCUT2D eigenvalue weighted by atomic mass is 32.2. The van der Waals surface area contributed by atoms with E-state index in [2.05, 4.69) is 0 Å². The lowest BCUT2D eigenvalue weighted by molar-refractivity contribution is -0.139. The van der Waals surface area contributed by atoms with E-state index in [-0.39, 0.29) is 23.3 Å². The van der Waals surface area contributed by atoms with Crippen LogP contribution >= 0.6 is 11.8 Å². The Labute approximate surface area is 147 Å². The minimum atomic E-state index is -0.508. The summed E-state index contributed by atoms with van der Waals surface area (Å²) in [5.41, 5.74) is 3.32. The minimum Gasteiger partial charge on any atom is -0.468 e. The number of thioether (sulfide) groups is 1. The summed E-state index contributed by atoms with van der Waals surface area (Å²) in [4.78, 5) is 37.5. The number of benzene rings is 1. The highest BCUT2D eigenvalue weighted by Gasteiger charge is 2.23. The molecule has 0 radical (unpaired) electrons. The summed E-state index contributed by atoms with van der Waals surface area (Å²) in [5, 5.41) is -0.178. The number of hydrogen-bond donors (Lipinski definition) is 0. The highest BCUT2D eigenvalue weighted by Crippen LogP contribution is 2.25. The van der Waals surface area contributed by atoms with Crippen LogP contribution in [-0.2, 0) is 19.1 Å². The van der Waals surface area contributed by atoms with Crippen LogP contribution in [0.5, 0.6) is 0 Å². The average Bonchev–Trinajstić information content (AvgIpc) is 2.50. The Hall–Kier alpha value is -2.08. The van der Waals surface area contributed by atoms with Gasteiger partial charge in [0.2, 0.25) is 11.0 Å². The number of carbonyl (C=O) groups is 3. The van der Waals surface area contributed by atoms with E-state index < -0.39 is 5.97 Å². The fourth-order valence-electron chi connectivity index (χ4n) is 2.21. The number of allylic oxidation sites excluding steroid dienone is 1. The van der Waals surface area contributed by atoms with Crippen LogP contribution in [0.1, 0.15) is 25.0 Å². The fourth-order valence-corrected chi connectivity index (χ4v) is 2.95. The average molecular weight is 349 g/mol. The van der Waals surface area contributed by atoms with Gasteiger partial charge in [-0.05, 0) is 44.9 Å². The van der Waals surface area contributed by atoms with E-state index >= 15 is 0 Å². The maximum absolute atomic E-state index is 12.6. The lowest BCUT2D eigenvalue weighted by atomic mass is 10.1. The van der Waals surface area contributed by atoms with Gasteiger partial charge in [-0.2, -0.15) is 0 Å². The molecule has 130 valence electrons. The van der Waals surface area contributed by atoms with Crippen molar-refractivity contribution in [2.75, 3.05) is 24.3 Å². The van der Waals surface area contributed by atoms with E-state index in [9.17, 15) is 14.4 Å². The summed E-state index contributed by atoms with van der Waals surface area (Å²) >= 11 is 0.924. The van der Waals surface area contributed by atoms with Gasteiger partial charge in [0.15, 0.2) is 0 Å². The Morgan fingerprint density at radius 3 is 2.25 bits per heavy atom. The van der Waals surface area contributed by atoms with E-state index in [1.54, 1.807) is 0 Å². The summed E-state index contributed by atoms with van der Waals surface area (Å²) in [6.45, 7) is 7.21. The van der Waals surface area contributed by atoms with Gasteiger partial charge in [-0.15, -0.1) is 0 Å². The van der Waals surface area contributed by atoms with Crippen molar-refractivity contribution >= 4 is 34.4 Å². The zero-order valence-electron chi connectivity index (χ0n) is 14.7. The second-order valence-electron chi connectivity index (χ2n) is 5.63. The van der Waals surface area contributed by atoms with Crippen molar-refractivity contribution in [1.82, 2.24) is 0 Å². The Balaban J connectivity index is 3.02. The normalized spacial score (nSPS) is 10.0. The third-order valence-electron chi connectivity index (χ3n) is 3.27. The van der Waals surface area contributed by atoms with Gasteiger partial charge in [0.25, 0.3) is 0 Å². The van der Waals surface area contributed by atoms with Gasteiger partial charge < -0.3 is 4.74 Å². The molecular formula is C18H23NO4S. The molecule has 0 aliphatic carbocycles. The number of rotatable bonds is 6. The molecule has 0 atom stereocenters. The molecule has 1 aromatic carbocycles. The Bertz CT molecular complexity index is 643. The zero-order valence-corrected chi connectivity index (χ0v) is 15.5. The van der Waals surface area contributed by atoms with Crippen LogP contribution in [0.15, 0.2) is 29.8 Å². The smallest absolute Gasteiger partial charge is 0.325 e. The predicted molar refractivity (Wildman–Crippen MR) is 97.2 cm³/mol. The summed E-state index contributed by atoms with van der Waals surface area (Å²) < 4.78 is 4.69. The van der Waals surface area contributed by atoms with E-state index in [0.717, 1.165) is 28.5 Å². The minimum absolute atomic E-state index is 0.0343. The molecule has 0 aliphatic heterocycles. The van der Waals surface area contributed by atoms with Gasteiger partial charge in [-0.1, -0.05) is 35.5 Å². The Morgan fingerprint density at radius 1 is 1.17 bits per heavy atom. The SMILES string of the molecule is COC(=O)CN(C(=O)CSC(=O)C=C(C)C)c1c(C)cccc1C. The number of carbonyl (C=O) groups excluding carboxylic acids is 3. The molecule has 1 rings (SSSR count). The number of anilines is 1. The first-order valence-electron chi connectivity index (χ1n) is 7.51. The molecule has 0 saturated heterocycles. The van der Waals surface area contributed by atoms with Crippen LogP contribution in [0.4, 0.5) is 5.69 Å². The molecule has 5 nitrogen and oxygen atoms in total. The molecule has 1 amide bonds. The Morgan fingerprint density at radius 2 is 1.75 bits per heavy atom. The van der Waals surface area contributed by atoms with Crippen LogP contribution in [0, 0.1) is 13.8 Å². The number of hydrogen-bond acceptors (Lipinski definition) is 5. The summed E-state index contributed by atoms with van der Waals surface area (Å²) in [5.74, 6) is -0.849. The van der Waals surface area contributed by atoms with Gasteiger partial charge >= 0.3 is 5.97 Å².